The third kappa shape index (κ3) is 14.0. The monoisotopic (exact) mass is 518 g/mol. The van der Waals surface area contributed by atoms with Crippen molar-refractivity contribution in [2.75, 3.05) is 12.3 Å². The molecule has 15 heteroatoms. The number of hydrogen-bond acceptors (Lipinski definition) is 8. The molecule has 0 aliphatic heterocycles. The van der Waals surface area contributed by atoms with Crippen LogP contribution in [0.1, 0.15) is 46.0 Å². The molecule has 200 valence electrons. The van der Waals surface area contributed by atoms with E-state index in [1.165, 1.54) is 0 Å². The van der Waals surface area contributed by atoms with E-state index in [9.17, 15) is 24.0 Å². The summed E-state index contributed by atoms with van der Waals surface area (Å²) < 4.78 is 0. The first-order valence-corrected chi connectivity index (χ1v) is 11.8. The number of nitrogens with one attached hydrogen (secondary N) is 3. The van der Waals surface area contributed by atoms with Gasteiger partial charge in [-0.3, -0.25) is 24.2 Å². The lowest BCUT2D eigenvalue weighted by Gasteiger charge is -2.25. The van der Waals surface area contributed by atoms with Crippen molar-refractivity contribution in [2.45, 2.75) is 70.1 Å². The van der Waals surface area contributed by atoms with Gasteiger partial charge in [0.15, 0.2) is 5.96 Å². The zero-order valence-electron chi connectivity index (χ0n) is 20.0. The van der Waals surface area contributed by atoms with Crippen molar-refractivity contribution in [3.63, 3.8) is 0 Å². The summed E-state index contributed by atoms with van der Waals surface area (Å²) in [6.45, 7) is 3.97. The van der Waals surface area contributed by atoms with Gasteiger partial charge in [0.05, 0.1) is 6.04 Å². The van der Waals surface area contributed by atoms with Crippen molar-refractivity contribution < 1.29 is 29.1 Å². The maximum Gasteiger partial charge on any atom is 0.327 e. The second-order valence-corrected chi connectivity index (χ2v) is 8.76. The Labute approximate surface area is 209 Å². The Morgan fingerprint density at radius 3 is 1.86 bits per heavy atom. The highest BCUT2D eigenvalue weighted by molar-refractivity contribution is 7.80. The fraction of sp³-hybridized carbons (Fsp3) is 0.700. The van der Waals surface area contributed by atoms with Gasteiger partial charge >= 0.3 is 5.97 Å². The number of aliphatic carboxylic acids is 1. The van der Waals surface area contributed by atoms with Gasteiger partial charge in [-0.15, -0.1) is 0 Å². The first-order valence-electron chi connectivity index (χ1n) is 11.1. The summed E-state index contributed by atoms with van der Waals surface area (Å²) in [6.07, 6.45) is 0.374. The molecule has 0 aliphatic rings. The number of guanidine groups is 1. The highest BCUT2D eigenvalue weighted by atomic mass is 32.1. The van der Waals surface area contributed by atoms with Crippen molar-refractivity contribution in [1.29, 1.82) is 0 Å². The van der Waals surface area contributed by atoms with Crippen LogP contribution in [0, 0.1) is 5.92 Å². The molecule has 14 nitrogen and oxygen atoms in total. The molecule has 0 aliphatic carbocycles. The van der Waals surface area contributed by atoms with E-state index in [-0.39, 0.29) is 43.4 Å². The summed E-state index contributed by atoms with van der Waals surface area (Å²) >= 11 is 3.88. The lowest BCUT2D eigenvalue weighted by molar-refractivity contribution is -0.141. The molecule has 12 N–H and O–H groups in total. The van der Waals surface area contributed by atoms with Crippen LogP contribution >= 0.6 is 12.6 Å². The Morgan fingerprint density at radius 1 is 0.886 bits per heavy atom. The molecule has 0 aromatic rings. The molecule has 0 saturated carbocycles. The lowest BCUT2D eigenvalue weighted by atomic mass is 10.0. The third-order valence-corrected chi connectivity index (χ3v) is 5.12. The molecule has 0 heterocycles. The van der Waals surface area contributed by atoms with Crippen molar-refractivity contribution in [3.8, 4) is 0 Å². The quantitative estimate of drug-likeness (QED) is 0.0414. The minimum absolute atomic E-state index is 0.112. The summed E-state index contributed by atoms with van der Waals surface area (Å²) in [4.78, 5) is 64.5. The molecule has 0 aromatic carbocycles. The molecule has 0 fully saturated rings. The molecule has 0 saturated heterocycles. The number of carbonyl (C=O) groups excluding carboxylic acids is 4. The van der Waals surface area contributed by atoms with Crippen LogP contribution in [0.3, 0.4) is 0 Å². The van der Waals surface area contributed by atoms with E-state index >= 15 is 0 Å². The number of thiol groups is 1. The van der Waals surface area contributed by atoms with Gasteiger partial charge in [-0.2, -0.15) is 12.6 Å². The average molecular weight is 519 g/mol. The number of rotatable bonds is 17. The van der Waals surface area contributed by atoms with Crippen LogP contribution in [-0.4, -0.2) is 77.1 Å². The van der Waals surface area contributed by atoms with Gasteiger partial charge in [0.1, 0.15) is 18.1 Å². The SMILES string of the molecule is CC(C)CC(N)C(=O)NC(CCCN=C(N)N)C(=O)NC(CCC(N)=O)C(=O)NC(CS)C(=O)O. The highest BCUT2D eigenvalue weighted by Gasteiger charge is 2.30. The number of carbonyl (C=O) groups is 5. The maximum absolute atomic E-state index is 13.0. The Bertz CT molecular complexity index is 775. The van der Waals surface area contributed by atoms with Crippen LogP contribution in [0.5, 0.6) is 0 Å². The van der Waals surface area contributed by atoms with E-state index in [4.69, 9.17) is 28.0 Å². The van der Waals surface area contributed by atoms with Crippen LogP contribution in [0.4, 0.5) is 0 Å². The van der Waals surface area contributed by atoms with Crippen molar-refractivity contribution >= 4 is 48.2 Å². The summed E-state index contributed by atoms with van der Waals surface area (Å²) in [5.41, 5.74) is 21.7. The van der Waals surface area contributed by atoms with Crippen molar-refractivity contribution in [3.05, 3.63) is 0 Å². The zero-order valence-corrected chi connectivity index (χ0v) is 20.9. The first-order chi connectivity index (χ1) is 16.3. The van der Waals surface area contributed by atoms with Crippen LogP contribution in [0.15, 0.2) is 4.99 Å². The molecule has 4 amide bonds. The highest BCUT2D eigenvalue weighted by Crippen LogP contribution is 2.07. The molecule has 4 atom stereocenters. The van der Waals surface area contributed by atoms with Crippen molar-refractivity contribution in [2.24, 2.45) is 33.8 Å². The van der Waals surface area contributed by atoms with E-state index in [0.717, 1.165) is 0 Å². The topological polar surface area (TPSA) is 258 Å². The number of amides is 4. The maximum atomic E-state index is 13.0. The number of carboxylic acid groups (broad SMARTS) is 1. The van der Waals surface area contributed by atoms with Crippen LogP contribution in [0.2, 0.25) is 0 Å². The summed E-state index contributed by atoms with van der Waals surface area (Å²) in [6, 6.07) is -4.57. The van der Waals surface area contributed by atoms with Gasteiger partial charge in [0, 0.05) is 18.7 Å². The van der Waals surface area contributed by atoms with Crippen LogP contribution in [-0.2, 0) is 24.0 Å². The Morgan fingerprint density at radius 2 is 1.40 bits per heavy atom. The summed E-state index contributed by atoms with van der Waals surface area (Å²) in [5.74, 6) is -4.37. The smallest absolute Gasteiger partial charge is 0.327 e. The molecular weight excluding hydrogens is 480 g/mol. The van der Waals surface area contributed by atoms with Crippen LogP contribution < -0.4 is 38.9 Å². The van der Waals surface area contributed by atoms with Gasteiger partial charge in [-0.1, -0.05) is 13.8 Å². The van der Waals surface area contributed by atoms with Crippen LogP contribution in [0.25, 0.3) is 0 Å². The Hall–Kier alpha value is -3.07. The van der Waals surface area contributed by atoms with E-state index in [1.54, 1.807) is 0 Å². The number of hydrogen-bond donors (Lipinski definition) is 9. The molecular formula is C20H38N8O6S. The van der Waals surface area contributed by atoms with Crippen molar-refractivity contribution in [1.82, 2.24) is 16.0 Å². The molecule has 0 bridgehead atoms. The third-order valence-electron chi connectivity index (χ3n) is 4.75. The Kier molecular flexibility index (Phi) is 15.1. The summed E-state index contributed by atoms with van der Waals surface area (Å²) in [5, 5.41) is 16.4. The molecule has 0 radical (unpaired) electrons. The predicted octanol–water partition coefficient (Wildman–Crippen LogP) is -2.85. The normalized spacial score (nSPS) is 14.2. The fourth-order valence-corrected chi connectivity index (χ4v) is 3.20. The van der Waals surface area contributed by atoms with E-state index in [0.29, 0.717) is 12.8 Å². The molecule has 0 spiro atoms. The second kappa shape index (κ2) is 16.5. The first kappa shape index (κ1) is 31.9. The number of aliphatic imine (C=N–C) groups is 1. The van der Waals surface area contributed by atoms with E-state index in [2.05, 4.69) is 33.6 Å². The summed E-state index contributed by atoms with van der Waals surface area (Å²) in [7, 11) is 0. The number of primary amides is 1. The van der Waals surface area contributed by atoms with E-state index in [1.807, 2.05) is 13.8 Å². The largest absolute Gasteiger partial charge is 0.480 e. The predicted molar refractivity (Wildman–Crippen MR) is 133 cm³/mol. The van der Waals surface area contributed by atoms with E-state index < -0.39 is 53.8 Å². The molecule has 4 unspecified atom stereocenters. The lowest BCUT2D eigenvalue weighted by Crippen LogP contribution is -2.57. The van der Waals surface area contributed by atoms with Gasteiger partial charge in [-0.25, -0.2) is 4.79 Å². The van der Waals surface area contributed by atoms with Gasteiger partial charge in [0.2, 0.25) is 23.6 Å². The number of nitrogens with two attached hydrogens (primary N) is 4. The molecule has 0 rings (SSSR count). The second-order valence-electron chi connectivity index (χ2n) is 8.39. The standard InChI is InChI=1S/C20H38N8O6S/c1-10(2)8-11(21)16(30)26-12(4-3-7-25-20(23)24)17(31)27-13(5-6-15(22)29)18(32)28-14(9-35)19(33)34/h10-14,35H,3-9,21H2,1-2H3,(H2,22,29)(H,26,30)(H,27,31)(H,28,32)(H,33,34)(H4,23,24,25). The minimum atomic E-state index is -1.32. The average Bonchev–Trinajstić information content (AvgIpc) is 2.75. The number of carboxylic acids is 1. The molecule has 35 heavy (non-hydrogen) atoms. The number of nitrogens with zero attached hydrogens (tertiary/aromatic N) is 1. The zero-order chi connectivity index (χ0) is 27.1. The Balaban J connectivity index is 5.59. The fourth-order valence-electron chi connectivity index (χ4n) is 2.95. The van der Waals surface area contributed by atoms with Gasteiger partial charge in [0.25, 0.3) is 0 Å². The van der Waals surface area contributed by atoms with Gasteiger partial charge in [-0.05, 0) is 31.6 Å². The van der Waals surface area contributed by atoms with Gasteiger partial charge < -0.3 is 44.0 Å². The molecule has 0 aromatic heterocycles. The minimum Gasteiger partial charge on any atom is -0.480 e.